The van der Waals surface area contributed by atoms with E-state index in [4.69, 9.17) is 5.41 Å². The van der Waals surface area contributed by atoms with Crippen LogP contribution in [0.3, 0.4) is 0 Å². The third-order valence-electron chi connectivity index (χ3n) is 2.86. The highest BCUT2D eigenvalue weighted by molar-refractivity contribution is 6.05. The predicted molar refractivity (Wildman–Crippen MR) is 74.2 cm³/mol. The molecular formula is C15H19FN2. The Balaban J connectivity index is 2.80. The van der Waals surface area contributed by atoms with Crippen molar-refractivity contribution in [3.63, 3.8) is 0 Å². The Kier molecular flexibility index (Phi) is 5.31. The van der Waals surface area contributed by atoms with Gasteiger partial charge in [0.1, 0.15) is 5.82 Å². The fourth-order valence-corrected chi connectivity index (χ4v) is 1.68. The zero-order valence-corrected chi connectivity index (χ0v) is 10.9. The van der Waals surface area contributed by atoms with Crippen LogP contribution in [-0.2, 0) is 6.54 Å². The van der Waals surface area contributed by atoms with E-state index in [9.17, 15) is 4.39 Å². The van der Waals surface area contributed by atoms with Crippen molar-refractivity contribution in [3.8, 4) is 0 Å². The first-order chi connectivity index (χ1) is 8.60. The minimum Gasteiger partial charge on any atom is -0.384 e. The van der Waals surface area contributed by atoms with Crippen LogP contribution in [0.4, 0.5) is 4.39 Å². The van der Waals surface area contributed by atoms with E-state index < -0.39 is 0 Å². The van der Waals surface area contributed by atoms with Gasteiger partial charge in [-0.25, -0.2) is 4.39 Å². The zero-order valence-electron chi connectivity index (χ0n) is 10.9. The van der Waals surface area contributed by atoms with Gasteiger partial charge in [-0.3, -0.25) is 0 Å². The van der Waals surface area contributed by atoms with Gasteiger partial charge in [0, 0.05) is 17.8 Å². The second-order valence-corrected chi connectivity index (χ2v) is 4.02. The van der Waals surface area contributed by atoms with E-state index in [1.807, 2.05) is 19.9 Å². The molecule has 0 spiro atoms. The molecule has 0 aromatic heterocycles. The first kappa shape index (κ1) is 14.2. The van der Waals surface area contributed by atoms with E-state index in [1.165, 1.54) is 12.1 Å². The second kappa shape index (κ2) is 6.74. The molecule has 0 atom stereocenters. The summed E-state index contributed by atoms with van der Waals surface area (Å²) < 4.78 is 13.5. The van der Waals surface area contributed by atoms with Crippen molar-refractivity contribution in [1.29, 1.82) is 5.41 Å². The molecule has 0 amide bonds. The van der Waals surface area contributed by atoms with Gasteiger partial charge in [0.15, 0.2) is 0 Å². The standard InChI is InChI=1S/C15H19FN2/c1-4-14(17)11(3)15(5-2)18-10-12-8-6-7-9-13(12)16/h4,6-9,17-18H,1,5,10H2,2-3H3/b15-11-,17-14?. The molecule has 0 aliphatic rings. The summed E-state index contributed by atoms with van der Waals surface area (Å²) in [6.07, 6.45) is 2.28. The van der Waals surface area contributed by atoms with Crippen molar-refractivity contribution < 1.29 is 4.39 Å². The number of benzene rings is 1. The summed E-state index contributed by atoms with van der Waals surface area (Å²) in [5, 5.41) is 10.9. The molecule has 1 aromatic carbocycles. The van der Waals surface area contributed by atoms with Crippen LogP contribution in [0.15, 0.2) is 48.2 Å². The highest BCUT2D eigenvalue weighted by Crippen LogP contribution is 2.11. The molecule has 2 N–H and O–H groups in total. The summed E-state index contributed by atoms with van der Waals surface area (Å²) in [4.78, 5) is 0. The molecule has 0 fully saturated rings. The molecular weight excluding hydrogens is 227 g/mol. The number of allylic oxidation sites excluding steroid dienone is 3. The molecule has 0 saturated heterocycles. The van der Waals surface area contributed by atoms with Crippen molar-refractivity contribution in [3.05, 3.63) is 59.6 Å². The van der Waals surface area contributed by atoms with Crippen molar-refractivity contribution in [2.45, 2.75) is 26.8 Å². The minimum absolute atomic E-state index is 0.211. The van der Waals surface area contributed by atoms with Gasteiger partial charge in [0.2, 0.25) is 0 Å². The Bertz CT molecular complexity index is 475. The van der Waals surface area contributed by atoms with Crippen molar-refractivity contribution >= 4 is 5.71 Å². The average Bonchev–Trinajstić information content (AvgIpc) is 2.40. The number of halogens is 1. The molecule has 0 radical (unpaired) electrons. The lowest BCUT2D eigenvalue weighted by atomic mass is 10.1. The molecule has 3 heteroatoms. The maximum atomic E-state index is 13.5. The lowest BCUT2D eigenvalue weighted by Gasteiger charge is -2.13. The van der Waals surface area contributed by atoms with Crippen LogP contribution >= 0.6 is 0 Å². The molecule has 1 aromatic rings. The second-order valence-electron chi connectivity index (χ2n) is 4.02. The summed E-state index contributed by atoms with van der Waals surface area (Å²) >= 11 is 0. The van der Waals surface area contributed by atoms with Crippen LogP contribution in [0.1, 0.15) is 25.8 Å². The fraction of sp³-hybridized carbons (Fsp3) is 0.267. The van der Waals surface area contributed by atoms with Crippen molar-refractivity contribution in [1.82, 2.24) is 5.32 Å². The topological polar surface area (TPSA) is 35.9 Å². The van der Waals surface area contributed by atoms with E-state index in [-0.39, 0.29) is 5.82 Å². The molecule has 0 bridgehead atoms. The van der Waals surface area contributed by atoms with Crippen LogP contribution in [-0.4, -0.2) is 5.71 Å². The predicted octanol–water partition coefficient (Wildman–Crippen LogP) is 3.81. The van der Waals surface area contributed by atoms with E-state index in [0.29, 0.717) is 17.8 Å². The number of hydrogen-bond acceptors (Lipinski definition) is 2. The summed E-state index contributed by atoms with van der Waals surface area (Å²) in [5.74, 6) is -0.211. The first-order valence-corrected chi connectivity index (χ1v) is 5.98. The first-order valence-electron chi connectivity index (χ1n) is 5.98. The Morgan fingerprint density at radius 2 is 2.11 bits per heavy atom. The maximum Gasteiger partial charge on any atom is 0.128 e. The minimum atomic E-state index is -0.211. The van der Waals surface area contributed by atoms with Gasteiger partial charge >= 0.3 is 0 Å². The number of rotatable bonds is 6. The Labute approximate surface area is 108 Å². The molecule has 2 nitrogen and oxygen atoms in total. The third-order valence-corrected chi connectivity index (χ3v) is 2.86. The largest absolute Gasteiger partial charge is 0.384 e. The van der Waals surface area contributed by atoms with E-state index in [0.717, 1.165) is 17.7 Å². The summed E-state index contributed by atoms with van der Waals surface area (Å²) in [6, 6.07) is 6.69. The Morgan fingerprint density at radius 3 is 2.67 bits per heavy atom. The van der Waals surface area contributed by atoms with Gasteiger partial charge in [-0.05, 0) is 31.1 Å². The van der Waals surface area contributed by atoms with Gasteiger partial charge in [0.25, 0.3) is 0 Å². The van der Waals surface area contributed by atoms with Gasteiger partial charge in [-0.15, -0.1) is 0 Å². The third kappa shape index (κ3) is 3.55. The lowest BCUT2D eigenvalue weighted by Crippen LogP contribution is -2.17. The van der Waals surface area contributed by atoms with Gasteiger partial charge < -0.3 is 10.7 Å². The maximum absolute atomic E-state index is 13.5. The number of nitrogens with one attached hydrogen (secondary N) is 2. The molecule has 0 aliphatic carbocycles. The van der Waals surface area contributed by atoms with Gasteiger partial charge in [-0.2, -0.15) is 0 Å². The van der Waals surface area contributed by atoms with E-state index in [1.54, 1.807) is 12.1 Å². The number of hydrogen-bond donors (Lipinski definition) is 2. The van der Waals surface area contributed by atoms with Crippen LogP contribution in [0, 0.1) is 11.2 Å². The van der Waals surface area contributed by atoms with Crippen LogP contribution < -0.4 is 5.32 Å². The molecule has 1 rings (SSSR count). The summed E-state index contributed by atoms with van der Waals surface area (Å²) in [6.45, 7) is 7.89. The molecule has 0 unspecified atom stereocenters. The molecule has 0 heterocycles. The van der Waals surface area contributed by atoms with Gasteiger partial charge in [-0.1, -0.05) is 31.7 Å². The highest BCUT2D eigenvalue weighted by atomic mass is 19.1. The summed E-state index contributed by atoms with van der Waals surface area (Å²) in [7, 11) is 0. The Hall–Kier alpha value is -1.90. The van der Waals surface area contributed by atoms with Crippen LogP contribution in [0.25, 0.3) is 0 Å². The molecule has 96 valence electrons. The smallest absolute Gasteiger partial charge is 0.128 e. The lowest BCUT2D eigenvalue weighted by molar-refractivity contribution is 0.599. The van der Waals surface area contributed by atoms with Crippen LogP contribution in [0.5, 0.6) is 0 Å². The van der Waals surface area contributed by atoms with E-state index >= 15 is 0 Å². The highest BCUT2D eigenvalue weighted by Gasteiger charge is 2.05. The molecule has 0 saturated carbocycles. The fourth-order valence-electron chi connectivity index (χ4n) is 1.68. The molecule has 18 heavy (non-hydrogen) atoms. The molecule has 0 aliphatic heterocycles. The van der Waals surface area contributed by atoms with Gasteiger partial charge in [0.05, 0.1) is 5.71 Å². The zero-order chi connectivity index (χ0) is 13.5. The normalized spacial score (nSPS) is 11.7. The monoisotopic (exact) mass is 246 g/mol. The average molecular weight is 246 g/mol. The van der Waals surface area contributed by atoms with Crippen molar-refractivity contribution in [2.24, 2.45) is 0 Å². The summed E-state index contributed by atoms with van der Waals surface area (Å²) in [5.41, 5.74) is 2.82. The SMILES string of the molecule is C=CC(=N)/C(C)=C(/CC)NCc1ccccc1F. The van der Waals surface area contributed by atoms with Crippen LogP contribution in [0.2, 0.25) is 0 Å². The quantitative estimate of drug-likeness (QED) is 0.736. The van der Waals surface area contributed by atoms with E-state index in [2.05, 4.69) is 11.9 Å². The Morgan fingerprint density at radius 1 is 1.44 bits per heavy atom. The van der Waals surface area contributed by atoms with Crippen molar-refractivity contribution in [2.75, 3.05) is 0 Å².